The lowest BCUT2D eigenvalue weighted by Crippen LogP contribution is -2.10. The van der Waals surface area contributed by atoms with Gasteiger partial charge in [0.2, 0.25) is 11.8 Å². The van der Waals surface area contributed by atoms with E-state index in [0.717, 1.165) is 0 Å². The van der Waals surface area contributed by atoms with Gasteiger partial charge < -0.3 is 24.1 Å². The molecular weight excluding hydrogens is 376 g/mol. The van der Waals surface area contributed by atoms with Crippen molar-refractivity contribution >= 4 is 33.2 Å². The molecule has 2 aromatic heterocycles. The Hall–Kier alpha value is -3.72. The van der Waals surface area contributed by atoms with Gasteiger partial charge >= 0.3 is 0 Å². The van der Waals surface area contributed by atoms with Crippen LogP contribution in [0.4, 0.5) is 11.4 Å². The van der Waals surface area contributed by atoms with Crippen molar-refractivity contribution in [1.82, 2.24) is 9.13 Å². The number of fused-ring (bicyclic) bond motifs is 2. The first-order valence-corrected chi connectivity index (χ1v) is 9.02. The molecule has 2 N–H and O–H groups in total. The number of ether oxygens (including phenoxy) is 1. The van der Waals surface area contributed by atoms with Crippen LogP contribution in [0.3, 0.4) is 0 Å². The molecule has 0 amide bonds. The third-order valence-corrected chi connectivity index (χ3v) is 4.94. The highest BCUT2D eigenvalue weighted by Gasteiger charge is 2.18. The molecule has 4 rings (SSSR count). The third-order valence-electron chi connectivity index (χ3n) is 4.94. The number of nitroso groups, excluding NO2 is 2. The number of aromatic nitrogens is 2. The van der Waals surface area contributed by atoms with Crippen molar-refractivity contribution in [2.75, 3.05) is 13.2 Å². The molecule has 29 heavy (non-hydrogen) atoms. The van der Waals surface area contributed by atoms with E-state index in [-0.39, 0.29) is 36.3 Å². The summed E-state index contributed by atoms with van der Waals surface area (Å²) >= 11 is 0. The van der Waals surface area contributed by atoms with Crippen LogP contribution in [0.25, 0.3) is 21.8 Å². The SMILES string of the molecule is O=Nc1c(O)n(CCOCCn2c(O)c(N=O)c3ccccc32)c2ccccc12. The Morgan fingerprint density at radius 2 is 1.14 bits per heavy atom. The number of rotatable bonds is 8. The first-order valence-electron chi connectivity index (χ1n) is 9.02. The summed E-state index contributed by atoms with van der Waals surface area (Å²) in [5.74, 6) is -0.388. The highest BCUT2D eigenvalue weighted by molar-refractivity contribution is 5.95. The van der Waals surface area contributed by atoms with Gasteiger partial charge in [-0.2, -0.15) is 0 Å². The van der Waals surface area contributed by atoms with Crippen molar-refractivity contribution < 1.29 is 14.9 Å². The van der Waals surface area contributed by atoms with Gasteiger partial charge in [-0.3, -0.25) is 0 Å². The fraction of sp³-hybridized carbons (Fsp3) is 0.200. The van der Waals surface area contributed by atoms with Crippen molar-refractivity contribution in [2.45, 2.75) is 13.1 Å². The molecule has 2 heterocycles. The number of hydrogen-bond acceptors (Lipinski definition) is 7. The maximum absolute atomic E-state index is 11.0. The van der Waals surface area contributed by atoms with Crippen LogP contribution in [0.2, 0.25) is 0 Å². The molecule has 2 aromatic carbocycles. The maximum Gasteiger partial charge on any atom is 0.222 e. The Morgan fingerprint density at radius 3 is 1.55 bits per heavy atom. The second-order valence-corrected chi connectivity index (χ2v) is 6.48. The summed E-state index contributed by atoms with van der Waals surface area (Å²) in [6, 6.07) is 14.2. The van der Waals surface area contributed by atoms with E-state index in [4.69, 9.17) is 4.74 Å². The minimum absolute atomic E-state index is 0.0122. The molecule has 0 aliphatic heterocycles. The van der Waals surface area contributed by atoms with Crippen molar-refractivity contribution in [1.29, 1.82) is 0 Å². The molecule has 0 aliphatic rings. The topological polar surface area (TPSA) is 118 Å². The zero-order chi connectivity index (χ0) is 20.4. The Labute approximate surface area is 164 Å². The number of para-hydroxylation sites is 2. The lowest BCUT2D eigenvalue weighted by Gasteiger charge is -2.10. The van der Waals surface area contributed by atoms with E-state index in [2.05, 4.69) is 10.4 Å². The molecule has 148 valence electrons. The van der Waals surface area contributed by atoms with E-state index >= 15 is 0 Å². The molecule has 0 aliphatic carbocycles. The smallest absolute Gasteiger partial charge is 0.222 e. The molecule has 0 bridgehead atoms. The summed E-state index contributed by atoms with van der Waals surface area (Å²) in [5, 5.41) is 27.5. The molecule has 4 aromatic rings. The van der Waals surface area contributed by atoms with Crippen molar-refractivity contribution in [3.05, 3.63) is 58.3 Å². The van der Waals surface area contributed by atoms with Gasteiger partial charge in [0, 0.05) is 23.9 Å². The van der Waals surface area contributed by atoms with Crippen LogP contribution in [0.15, 0.2) is 58.9 Å². The van der Waals surface area contributed by atoms with E-state index in [1.807, 2.05) is 12.1 Å². The van der Waals surface area contributed by atoms with E-state index in [1.165, 1.54) is 0 Å². The van der Waals surface area contributed by atoms with Gasteiger partial charge in [0.25, 0.3) is 0 Å². The molecule has 0 radical (unpaired) electrons. The van der Waals surface area contributed by atoms with Gasteiger partial charge in [-0.15, -0.1) is 9.81 Å². The lowest BCUT2D eigenvalue weighted by molar-refractivity contribution is 0.117. The summed E-state index contributed by atoms with van der Waals surface area (Å²) < 4.78 is 8.80. The summed E-state index contributed by atoms with van der Waals surface area (Å²) in [5.41, 5.74) is 1.41. The third kappa shape index (κ3) is 3.11. The van der Waals surface area contributed by atoms with Crippen molar-refractivity contribution in [3.63, 3.8) is 0 Å². The van der Waals surface area contributed by atoms with Crippen LogP contribution in [0.5, 0.6) is 11.8 Å². The lowest BCUT2D eigenvalue weighted by atomic mass is 10.2. The average molecular weight is 394 g/mol. The predicted molar refractivity (Wildman–Crippen MR) is 109 cm³/mol. The fourth-order valence-corrected chi connectivity index (χ4v) is 3.59. The molecule has 0 fully saturated rings. The van der Waals surface area contributed by atoms with Gasteiger partial charge in [-0.05, 0) is 22.5 Å². The zero-order valence-corrected chi connectivity index (χ0v) is 15.4. The second-order valence-electron chi connectivity index (χ2n) is 6.48. The molecule has 0 unspecified atom stereocenters. The monoisotopic (exact) mass is 394 g/mol. The number of benzene rings is 2. The quantitative estimate of drug-likeness (QED) is 0.336. The first-order chi connectivity index (χ1) is 14.2. The first kappa shape index (κ1) is 18.6. The van der Waals surface area contributed by atoms with Crippen LogP contribution >= 0.6 is 0 Å². The van der Waals surface area contributed by atoms with Crippen LogP contribution in [0, 0.1) is 9.81 Å². The van der Waals surface area contributed by atoms with E-state index in [9.17, 15) is 20.0 Å². The standard InChI is InChI=1S/C20H18N4O5/c25-19-17(21-27)13-5-1-3-7-15(13)23(19)9-11-29-12-10-24-16-8-4-2-6-14(16)18(22-28)20(24)26/h1-8,25-26H,9-12H2. The molecule has 9 nitrogen and oxygen atoms in total. The Balaban J connectivity index is 1.44. The second kappa shape index (κ2) is 7.72. The van der Waals surface area contributed by atoms with Gasteiger partial charge in [0.1, 0.15) is 0 Å². The maximum atomic E-state index is 11.0. The molecule has 0 atom stereocenters. The predicted octanol–water partition coefficient (Wildman–Crippen LogP) is 4.52. The normalized spacial score (nSPS) is 11.3. The summed E-state index contributed by atoms with van der Waals surface area (Å²) in [4.78, 5) is 22.1. The van der Waals surface area contributed by atoms with Crippen LogP contribution in [-0.4, -0.2) is 32.6 Å². The highest BCUT2D eigenvalue weighted by Crippen LogP contribution is 2.39. The van der Waals surface area contributed by atoms with Crippen LogP contribution in [0.1, 0.15) is 0 Å². The van der Waals surface area contributed by atoms with Crippen molar-refractivity contribution in [3.8, 4) is 11.8 Å². The fourth-order valence-electron chi connectivity index (χ4n) is 3.59. The van der Waals surface area contributed by atoms with E-state index in [0.29, 0.717) is 34.9 Å². The van der Waals surface area contributed by atoms with Crippen molar-refractivity contribution in [2.24, 2.45) is 10.4 Å². The number of aromatic hydroxyl groups is 2. The molecular formula is C20H18N4O5. The van der Waals surface area contributed by atoms with Crippen LogP contribution in [-0.2, 0) is 17.8 Å². The molecule has 0 saturated heterocycles. The summed E-state index contributed by atoms with van der Waals surface area (Å²) in [7, 11) is 0. The minimum atomic E-state index is -0.194. The number of hydrogen-bond donors (Lipinski definition) is 2. The van der Waals surface area contributed by atoms with Gasteiger partial charge in [-0.1, -0.05) is 36.4 Å². The summed E-state index contributed by atoms with van der Waals surface area (Å²) in [6.07, 6.45) is 0. The average Bonchev–Trinajstić information content (AvgIpc) is 3.18. The van der Waals surface area contributed by atoms with Crippen LogP contribution < -0.4 is 0 Å². The molecule has 0 spiro atoms. The van der Waals surface area contributed by atoms with E-state index < -0.39 is 0 Å². The highest BCUT2D eigenvalue weighted by atomic mass is 16.5. The largest absolute Gasteiger partial charge is 0.493 e. The van der Waals surface area contributed by atoms with Gasteiger partial charge in [-0.25, -0.2) is 0 Å². The Kier molecular flexibility index (Phi) is 4.96. The Bertz CT molecular complexity index is 1120. The molecule has 9 heteroatoms. The molecule has 0 saturated carbocycles. The Morgan fingerprint density at radius 1 is 0.724 bits per heavy atom. The van der Waals surface area contributed by atoms with Gasteiger partial charge in [0.15, 0.2) is 11.4 Å². The number of nitrogens with zero attached hydrogens (tertiary/aromatic N) is 4. The van der Waals surface area contributed by atoms with E-state index in [1.54, 1.807) is 45.5 Å². The summed E-state index contributed by atoms with van der Waals surface area (Å²) in [6.45, 7) is 1.18. The minimum Gasteiger partial charge on any atom is -0.493 e. The van der Waals surface area contributed by atoms with Gasteiger partial charge in [0.05, 0.1) is 24.2 Å². The zero-order valence-electron chi connectivity index (χ0n) is 15.4.